The molecule has 1 aliphatic heterocycles. The smallest absolute Gasteiger partial charge is 0.191 e. The molecule has 0 unspecified atom stereocenters. The lowest BCUT2D eigenvalue weighted by atomic mass is 10.1. The van der Waals surface area contributed by atoms with Crippen LogP contribution in [0.1, 0.15) is 18.1 Å². The average Bonchev–Trinajstić information content (AvgIpc) is 2.63. The van der Waals surface area contributed by atoms with Gasteiger partial charge in [-0.3, -0.25) is 9.89 Å². The summed E-state index contributed by atoms with van der Waals surface area (Å²) >= 11 is 0. The first-order chi connectivity index (χ1) is 11.8. The number of hydrogen-bond donors (Lipinski definition) is 2. The fourth-order valence-electron chi connectivity index (χ4n) is 2.57. The van der Waals surface area contributed by atoms with Crippen LogP contribution >= 0.6 is 0 Å². The van der Waals surface area contributed by atoms with Gasteiger partial charge in [0.1, 0.15) is 0 Å². The zero-order chi connectivity index (χ0) is 17.0. The molecule has 0 aromatic heterocycles. The minimum absolute atomic E-state index is 0.688. The Kier molecular flexibility index (Phi) is 8.59. The van der Waals surface area contributed by atoms with Gasteiger partial charge >= 0.3 is 0 Å². The van der Waals surface area contributed by atoms with Gasteiger partial charge in [-0.25, -0.2) is 0 Å². The fraction of sp³-hybridized carbons (Fsp3) is 0.611. The molecule has 2 N–H and O–H groups in total. The molecule has 1 saturated heterocycles. The number of nitrogens with zero attached hydrogens (tertiary/aromatic N) is 2. The summed E-state index contributed by atoms with van der Waals surface area (Å²) in [6.07, 6.45) is 0. The molecule has 0 amide bonds. The Balaban J connectivity index is 1.72. The van der Waals surface area contributed by atoms with Crippen LogP contribution in [0.2, 0.25) is 0 Å². The first-order valence-corrected chi connectivity index (χ1v) is 8.72. The second kappa shape index (κ2) is 11.0. The van der Waals surface area contributed by atoms with Crippen LogP contribution in [0.3, 0.4) is 0 Å². The van der Waals surface area contributed by atoms with Gasteiger partial charge in [-0.05, 0) is 18.1 Å². The van der Waals surface area contributed by atoms with Crippen molar-refractivity contribution in [2.75, 3.05) is 53.1 Å². The van der Waals surface area contributed by atoms with Crippen molar-refractivity contribution >= 4 is 5.96 Å². The molecule has 0 radical (unpaired) electrons. The van der Waals surface area contributed by atoms with Crippen molar-refractivity contribution in [3.8, 4) is 0 Å². The van der Waals surface area contributed by atoms with Gasteiger partial charge in [0.25, 0.3) is 0 Å². The lowest BCUT2D eigenvalue weighted by molar-refractivity contribution is 0.0342. The average molecular weight is 334 g/mol. The van der Waals surface area contributed by atoms with Crippen molar-refractivity contribution in [3.63, 3.8) is 0 Å². The topological polar surface area (TPSA) is 58.1 Å². The van der Waals surface area contributed by atoms with E-state index in [9.17, 15) is 0 Å². The molecule has 2 rings (SSSR count). The number of morpholine rings is 1. The van der Waals surface area contributed by atoms with Crippen LogP contribution in [0.15, 0.2) is 29.3 Å². The summed E-state index contributed by atoms with van der Waals surface area (Å²) in [6, 6.07) is 8.77. The van der Waals surface area contributed by atoms with Crippen molar-refractivity contribution in [2.24, 2.45) is 4.99 Å². The van der Waals surface area contributed by atoms with E-state index >= 15 is 0 Å². The predicted octanol–water partition coefficient (Wildman–Crippen LogP) is 1.22. The molecule has 1 aromatic carbocycles. The molecule has 1 aromatic rings. The van der Waals surface area contributed by atoms with E-state index in [-0.39, 0.29) is 0 Å². The summed E-state index contributed by atoms with van der Waals surface area (Å²) in [7, 11) is 1.78. The van der Waals surface area contributed by atoms with E-state index in [1.807, 2.05) is 6.92 Å². The molecule has 0 bridgehead atoms. The molecule has 6 nitrogen and oxygen atoms in total. The van der Waals surface area contributed by atoms with E-state index in [0.29, 0.717) is 6.61 Å². The highest BCUT2D eigenvalue weighted by Gasteiger charge is 2.10. The van der Waals surface area contributed by atoms with Crippen molar-refractivity contribution in [2.45, 2.75) is 20.0 Å². The third-order valence-corrected chi connectivity index (χ3v) is 3.96. The van der Waals surface area contributed by atoms with Gasteiger partial charge in [0.15, 0.2) is 5.96 Å². The number of nitrogens with one attached hydrogen (secondary N) is 2. The molecular weight excluding hydrogens is 304 g/mol. The summed E-state index contributed by atoms with van der Waals surface area (Å²) in [6.45, 7) is 9.67. The summed E-state index contributed by atoms with van der Waals surface area (Å²) in [5, 5.41) is 6.56. The third kappa shape index (κ3) is 6.86. The minimum Gasteiger partial charge on any atom is -0.380 e. The van der Waals surface area contributed by atoms with Gasteiger partial charge in [-0.15, -0.1) is 0 Å². The number of ether oxygens (including phenoxy) is 2. The van der Waals surface area contributed by atoms with Crippen molar-refractivity contribution in [3.05, 3.63) is 35.4 Å². The van der Waals surface area contributed by atoms with Crippen LogP contribution in [0.4, 0.5) is 0 Å². The number of guanidine groups is 1. The molecule has 1 fully saturated rings. The van der Waals surface area contributed by atoms with Crippen LogP contribution in [0.25, 0.3) is 0 Å². The zero-order valence-electron chi connectivity index (χ0n) is 14.9. The maximum atomic E-state index is 5.39. The normalized spacial score (nSPS) is 16.2. The van der Waals surface area contributed by atoms with Crippen LogP contribution < -0.4 is 10.6 Å². The lowest BCUT2D eigenvalue weighted by Gasteiger charge is -2.26. The van der Waals surface area contributed by atoms with Crippen molar-refractivity contribution < 1.29 is 9.47 Å². The van der Waals surface area contributed by atoms with Gasteiger partial charge in [-0.1, -0.05) is 24.3 Å². The maximum absolute atomic E-state index is 5.39. The number of aliphatic imine (C=N–C) groups is 1. The van der Waals surface area contributed by atoms with E-state index in [4.69, 9.17) is 9.47 Å². The Morgan fingerprint density at radius 1 is 1.17 bits per heavy atom. The molecular formula is C18H30N4O2. The molecule has 134 valence electrons. The monoisotopic (exact) mass is 334 g/mol. The Morgan fingerprint density at radius 3 is 2.54 bits per heavy atom. The molecule has 1 aliphatic rings. The predicted molar refractivity (Wildman–Crippen MR) is 97.2 cm³/mol. The first kappa shape index (κ1) is 18.7. The Bertz CT molecular complexity index is 484. The fourth-order valence-corrected chi connectivity index (χ4v) is 2.57. The number of rotatable bonds is 8. The summed E-state index contributed by atoms with van der Waals surface area (Å²) < 4.78 is 10.7. The number of benzene rings is 1. The minimum atomic E-state index is 0.688. The van der Waals surface area contributed by atoms with Gasteiger partial charge < -0.3 is 20.1 Å². The van der Waals surface area contributed by atoms with Crippen molar-refractivity contribution in [1.29, 1.82) is 0 Å². The highest BCUT2D eigenvalue weighted by Crippen LogP contribution is 2.09. The molecule has 6 heteroatoms. The highest BCUT2D eigenvalue weighted by molar-refractivity contribution is 5.79. The summed E-state index contributed by atoms with van der Waals surface area (Å²) in [5.74, 6) is 0.798. The second-order valence-corrected chi connectivity index (χ2v) is 5.75. The molecule has 24 heavy (non-hydrogen) atoms. The van der Waals surface area contributed by atoms with E-state index in [1.54, 1.807) is 7.05 Å². The lowest BCUT2D eigenvalue weighted by Crippen LogP contribution is -2.38. The van der Waals surface area contributed by atoms with E-state index in [0.717, 1.165) is 58.5 Å². The van der Waals surface area contributed by atoms with Gasteiger partial charge in [0.05, 0.1) is 19.8 Å². The Morgan fingerprint density at radius 2 is 1.88 bits per heavy atom. The first-order valence-electron chi connectivity index (χ1n) is 8.72. The molecule has 0 aliphatic carbocycles. The quantitative estimate of drug-likeness (QED) is 0.425. The largest absolute Gasteiger partial charge is 0.380 e. The van der Waals surface area contributed by atoms with Gasteiger partial charge in [0.2, 0.25) is 0 Å². The number of hydrogen-bond acceptors (Lipinski definition) is 4. The van der Waals surface area contributed by atoms with Crippen molar-refractivity contribution in [1.82, 2.24) is 15.5 Å². The molecule has 0 atom stereocenters. The van der Waals surface area contributed by atoms with Crippen LogP contribution in [0, 0.1) is 0 Å². The van der Waals surface area contributed by atoms with E-state index < -0.39 is 0 Å². The summed E-state index contributed by atoms with van der Waals surface area (Å²) in [5.41, 5.74) is 2.59. The summed E-state index contributed by atoms with van der Waals surface area (Å²) in [4.78, 5) is 6.65. The Hall–Kier alpha value is -1.63. The molecule has 0 saturated carbocycles. The van der Waals surface area contributed by atoms with Crippen LogP contribution in [-0.2, 0) is 22.6 Å². The van der Waals surface area contributed by atoms with Gasteiger partial charge in [-0.2, -0.15) is 0 Å². The Labute approximate surface area is 145 Å². The maximum Gasteiger partial charge on any atom is 0.191 e. The van der Waals surface area contributed by atoms with E-state index in [2.05, 4.69) is 44.8 Å². The molecule has 0 spiro atoms. The standard InChI is InChI=1S/C18H30N4O2/c1-3-23-11-8-20-18(19-2)21-14-16-4-6-17(7-5-16)15-22-9-12-24-13-10-22/h4-7H,3,8-15H2,1-2H3,(H2,19,20,21). The zero-order valence-corrected chi connectivity index (χ0v) is 14.9. The highest BCUT2D eigenvalue weighted by atomic mass is 16.5. The van der Waals surface area contributed by atoms with Crippen LogP contribution in [0.5, 0.6) is 0 Å². The van der Waals surface area contributed by atoms with Gasteiger partial charge in [0, 0.05) is 46.4 Å². The second-order valence-electron chi connectivity index (χ2n) is 5.75. The van der Waals surface area contributed by atoms with Crippen LogP contribution in [-0.4, -0.2) is 64.0 Å². The third-order valence-electron chi connectivity index (χ3n) is 3.96. The van der Waals surface area contributed by atoms with E-state index in [1.165, 1.54) is 11.1 Å². The molecule has 1 heterocycles. The SMILES string of the molecule is CCOCCNC(=NC)NCc1ccc(CN2CCOCC2)cc1.